The summed E-state index contributed by atoms with van der Waals surface area (Å²) in [5.41, 5.74) is 8.23. The summed E-state index contributed by atoms with van der Waals surface area (Å²) in [6.45, 7) is 0.573. The maximum absolute atomic E-state index is 12.1. The molecular formula is C19H23ClN2O3. The summed E-state index contributed by atoms with van der Waals surface area (Å²) in [6, 6.07) is 12.5. The number of aryl methyl sites for hydroxylation is 1. The number of halogens is 1. The molecule has 2 aromatic carbocycles. The number of carbonyl (C=O) groups excluding carboxylic acids is 1. The molecule has 25 heavy (non-hydrogen) atoms. The summed E-state index contributed by atoms with van der Waals surface area (Å²) in [4.78, 5) is 12.1. The number of benzene rings is 2. The van der Waals surface area contributed by atoms with Crippen LogP contribution in [0.2, 0.25) is 5.02 Å². The number of ether oxygens (including phenoxy) is 1. The van der Waals surface area contributed by atoms with Crippen molar-refractivity contribution in [3.8, 4) is 5.75 Å². The topological polar surface area (TPSA) is 84.6 Å². The Morgan fingerprint density at radius 1 is 1.28 bits per heavy atom. The van der Waals surface area contributed by atoms with Gasteiger partial charge in [-0.25, -0.2) is 0 Å². The van der Waals surface area contributed by atoms with Crippen molar-refractivity contribution in [3.63, 3.8) is 0 Å². The van der Waals surface area contributed by atoms with Crippen molar-refractivity contribution in [2.45, 2.75) is 25.5 Å². The first-order valence-corrected chi connectivity index (χ1v) is 8.49. The van der Waals surface area contributed by atoms with E-state index in [-0.39, 0.29) is 12.5 Å². The number of nitrogens with two attached hydrogens (primary N) is 1. The van der Waals surface area contributed by atoms with Gasteiger partial charge in [0.2, 0.25) is 0 Å². The van der Waals surface area contributed by atoms with E-state index in [0.717, 1.165) is 16.9 Å². The second-order valence-electron chi connectivity index (χ2n) is 5.72. The van der Waals surface area contributed by atoms with Crippen molar-refractivity contribution in [2.24, 2.45) is 5.73 Å². The lowest BCUT2D eigenvalue weighted by Gasteiger charge is -2.14. The minimum Gasteiger partial charge on any atom is -0.497 e. The molecule has 0 unspecified atom stereocenters. The van der Waals surface area contributed by atoms with Crippen LogP contribution in [0.15, 0.2) is 42.5 Å². The molecule has 134 valence electrons. The Bertz CT molecular complexity index is 722. The Balaban J connectivity index is 1.86. The molecule has 0 aromatic heterocycles. The lowest BCUT2D eigenvalue weighted by atomic mass is 10.0. The number of hydrogen-bond acceptors (Lipinski definition) is 4. The van der Waals surface area contributed by atoms with Crippen molar-refractivity contribution >= 4 is 17.5 Å². The fraction of sp³-hybridized carbons (Fsp3) is 0.316. The van der Waals surface area contributed by atoms with E-state index in [9.17, 15) is 9.90 Å². The van der Waals surface area contributed by atoms with Crippen LogP contribution in [0.5, 0.6) is 5.75 Å². The molecule has 0 aliphatic carbocycles. The highest BCUT2D eigenvalue weighted by Gasteiger charge is 2.12. The second kappa shape index (κ2) is 9.42. The lowest BCUT2D eigenvalue weighted by molar-refractivity contribution is 0.0911. The molecule has 1 atom stereocenters. The van der Waals surface area contributed by atoms with Gasteiger partial charge in [0, 0.05) is 13.1 Å². The minimum absolute atomic E-state index is 0.165. The van der Waals surface area contributed by atoms with E-state index in [2.05, 4.69) is 5.32 Å². The van der Waals surface area contributed by atoms with Gasteiger partial charge >= 0.3 is 0 Å². The molecule has 6 heteroatoms. The Hall–Kier alpha value is -2.08. The maximum atomic E-state index is 12.1. The van der Waals surface area contributed by atoms with E-state index in [4.69, 9.17) is 22.1 Å². The second-order valence-corrected chi connectivity index (χ2v) is 6.13. The highest BCUT2D eigenvalue weighted by Crippen LogP contribution is 2.19. The normalized spacial score (nSPS) is 11.8. The van der Waals surface area contributed by atoms with Gasteiger partial charge in [0.15, 0.2) is 0 Å². The smallest absolute Gasteiger partial charge is 0.252 e. The van der Waals surface area contributed by atoms with E-state index in [0.29, 0.717) is 30.0 Å². The molecule has 0 saturated heterocycles. The zero-order valence-corrected chi connectivity index (χ0v) is 14.9. The van der Waals surface area contributed by atoms with Gasteiger partial charge in [-0.1, -0.05) is 29.8 Å². The largest absolute Gasteiger partial charge is 0.497 e. The molecule has 0 spiro atoms. The summed E-state index contributed by atoms with van der Waals surface area (Å²) >= 11 is 5.99. The zero-order valence-electron chi connectivity index (χ0n) is 14.2. The van der Waals surface area contributed by atoms with Crippen LogP contribution in [-0.2, 0) is 13.0 Å². The first-order chi connectivity index (χ1) is 12.0. The summed E-state index contributed by atoms with van der Waals surface area (Å²) in [5.74, 6) is 0.466. The van der Waals surface area contributed by atoms with Crippen LogP contribution in [0, 0.1) is 0 Å². The van der Waals surface area contributed by atoms with E-state index in [1.807, 2.05) is 18.2 Å². The summed E-state index contributed by atoms with van der Waals surface area (Å²) in [5, 5.41) is 13.2. The molecule has 2 rings (SSSR count). The Kier molecular flexibility index (Phi) is 7.25. The monoisotopic (exact) mass is 362 g/mol. The molecule has 0 fully saturated rings. The van der Waals surface area contributed by atoms with E-state index < -0.39 is 6.10 Å². The number of hydrogen-bond donors (Lipinski definition) is 3. The molecule has 0 bridgehead atoms. The first kappa shape index (κ1) is 19.2. The Morgan fingerprint density at radius 2 is 2.04 bits per heavy atom. The van der Waals surface area contributed by atoms with Crippen LogP contribution < -0.4 is 15.8 Å². The number of methoxy groups -OCH3 is 1. The van der Waals surface area contributed by atoms with Gasteiger partial charge in [0.05, 0.1) is 23.8 Å². The van der Waals surface area contributed by atoms with Crippen molar-refractivity contribution < 1.29 is 14.6 Å². The number of aliphatic hydroxyl groups is 1. The van der Waals surface area contributed by atoms with E-state index in [1.54, 1.807) is 31.4 Å². The predicted octanol–water partition coefficient (Wildman–Crippen LogP) is 2.53. The van der Waals surface area contributed by atoms with E-state index in [1.165, 1.54) is 0 Å². The standard InChI is InChI=1S/C19H23ClN2O3/c1-25-16-9-7-13(14(10-16)11-21)6-8-15(23)12-22-19(24)17-4-2-3-5-18(17)20/h2-5,7,9-10,15,23H,6,8,11-12,21H2,1H3,(H,22,24)/t15-/m0/s1. The molecule has 0 aliphatic heterocycles. The number of aliphatic hydroxyl groups excluding tert-OH is 1. The van der Waals surface area contributed by atoms with Gasteiger partial charge in [-0.15, -0.1) is 0 Å². The van der Waals surface area contributed by atoms with Gasteiger partial charge in [0.25, 0.3) is 5.91 Å². The highest BCUT2D eigenvalue weighted by molar-refractivity contribution is 6.33. The van der Waals surface area contributed by atoms with Crippen molar-refractivity contribution in [3.05, 3.63) is 64.2 Å². The quantitative estimate of drug-likeness (QED) is 0.673. The molecular weight excluding hydrogens is 340 g/mol. The van der Waals surface area contributed by atoms with Crippen molar-refractivity contribution in [2.75, 3.05) is 13.7 Å². The zero-order chi connectivity index (χ0) is 18.2. The molecule has 0 radical (unpaired) electrons. The summed E-state index contributed by atoms with van der Waals surface area (Å²) in [6.07, 6.45) is 0.529. The molecule has 0 aliphatic rings. The maximum Gasteiger partial charge on any atom is 0.252 e. The van der Waals surface area contributed by atoms with Crippen LogP contribution in [-0.4, -0.2) is 30.8 Å². The molecule has 4 N–H and O–H groups in total. The summed E-state index contributed by atoms with van der Waals surface area (Å²) < 4.78 is 5.19. The van der Waals surface area contributed by atoms with Crippen LogP contribution in [0.25, 0.3) is 0 Å². The molecule has 2 aromatic rings. The average Bonchev–Trinajstić information content (AvgIpc) is 2.64. The number of carbonyl (C=O) groups is 1. The number of rotatable bonds is 8. The SMILES string of the molecule is COc1ccc(CC[C@H](O)CNC(=O)c2ccccc2Cl)c(CN)c1. The minimum atomic E-state index is -0.654. The third-order valence-corrected chi connectivity index (χ3v) is 4.33. The third kappa shape index (κ3) is 5.46. The van der Waals surface area contributed by atoms with Crippen LogP contribution in [0.4, 0.5) is 0 Å². The number of amides is 1. The molecule has 5 nitrogen and oxygen atoms in total. The van der Waals surface area contributed by atoms with Gasteiger partial charge in [0.1, 0.15) is 5.75 Å². The highest BCUT2D eigenvalue weighted by atomic mass is 35.5. The van der Waals surface area contributed by atoms with Gasteiger partial charge in [-0.3, -0.25) is 4.79 Å². The van der Waals surface area contributed by atoms with Gasteiger partial charge in [-0.05, 0) is 48.2 Å². The fourth-order valence-electron chi connectivity index (χ4n) is 2.54. The van der Waals surface area contributed by atoms with Crippen molar-refractivity contribution in [1.29, 1.82) is 0 Å². The van der Waals surface area contributed by atoms with Crippen LogP contribution >= 0.6 is 11.6 Å². The predicted molar refractivity (Wildman–Crippen MR) is 99.0 cm³/mol. The first-order valence-electron chi connectivity index (χ1n) is 8.11. The fourth-order valence-corrected chi connectivity index (χ4v) is 2.76. The summed E-state index contributed by atoms with van der Waals surface area (Å²) in [7, 11) is 1.61. The van der Waals surface area contributed by atoms with Crippen LogP contribution in [0.1, 0.15) is 27.9 Å². The van der Waals surface area contributed by atoms with E-state index >= 15 is 0 Å². The van der Waals surface area contributed by atoms with Crippen LogP contribution in [0.3, 0.4) is 0 Å². The van der Waals surface area contributed by atoms with Crippen molar-refractivity contribution in [1.82, 2.24) is 5.32 Å². The van der Waals surface area contributed by atoms with Gasteiger partial charge in [-0.2, -0.15) is 0 Å². The Labute approximate surface area is 152 Å². The molecule has 1 amide bonds. The Morgan fingerprint density at radius 3 is 2.72 bits per heavy atom. The lowest BCUT2D eigenvalue weighted by Crippen LogP contribution is -2.32. The number of nitrogens with one attached hydrogen (secondary N) is 1. The third-order valence-electron chi connectivity index (χ3n) is 4.00. The van der Waals surface area contributed by atoms with Gasteiger partial charge < -0.3 is 20.9 Å². The molecule has 0 heterocycles. The molecule has 0 saturated carbocycles. The average molecular weight is 363 g/mol.